The Labute approximate surface area is 172 Å². The van der Waals surface area contributed by atoms with Gasteiger partial charge < -0.3 is 19.9 Å². The summed E-state index contributed by atoms with van der Waals surface area (Å²) in [4.78, 5) is 20.7. The van der Waals surface area contributed by atoms with Crippen molar-refractivity contribution in [2.24, 2.45) is 12.0 Å². The van der Waals surface area contributed by atoms with E-state index in [0.29, 0.717) is 19.6 Å². The molecule has 1 fully saturated rings. The van der Waals surface area contributed by atoms with Crippen LogP contribution in [0.3, 0.4) is 0 Å². The Morgan fingerprint density at radius 2 is 2.21 bits per heavy atom. The molecule has 1 saturated heterocycles. The van der Waals surface area contributed by atoms with Gasteiger partial charge in [-0.05, 0) is 24.1 Å². The zero-order chi connectivity index (χ0) is 20.6. The Bertz CT molecular complexity index is 847. The average Bonchev–Trinajstić information content (AvgIpc) is 3.15. The van der Waals surface area contributed by atoms with Crippen molar-refractivity contribution < 1.29 is 9.53 Å². The third-order valence-electron chi connectivity index (χ3n) is 4.85. The normalized spacial score (nSPS) is 15.0. The summed E-state index contributed by atoms with van der Waals surface area (Å²) in [7, 11) is 3.59. The van der Waals surface area contributed by atoms with E-state index in [4.69, 9.17) is 4.74 Å². The van der Waals surface area contributed by atoms with E-state index < -0.39 is 0 Å². The summed E-state index contributed by atoms with van der Waals surface area (Å²) in [5.74, 6) is 1.65. The molecule has 0 atom stereocenters. The van der Waals surface area contributed by atoms with Crippen LogP contribution in [-0.4, -0.2) is 59.8 Å². The van der Waals surface area contributed by atoms with Crippen LogP contribution >= 0.6 is 0 Å². The molecule has 0 saturated carbocycles. The van der Waals surface area contributed by atoms with E-state index in [1.165, 1.54) is 0 Å². The van der Waals surface area contributed by atoms with E-state index in [1.54, 1.807) is 22.8 Å². The molecule has 0 unspecified atom stereocenters. The Hall–Kier alpha value is -3.03. The van der Waals surface area contributed by atoms with Crippen LogP contribution in [-0.2, 0) is 18.4 Å². The smallest absolute Gasteiger partial charge is 0.246 e. The number of guanidine groups is 1. The van der Waals surface area contributed by atoms with Crippen LogP contribution in [0.2, 0.25) is 0 Å². The summed E-state index contributed by atoms with van der Waals surface area (Å²) in [6.07, 6.45) is 5.74. The molecule has 2 heterocycles. The minimum absolute atomic E-state index is 0.0403. The van der Waals surface area contributed by atoms with E-state index in [9.17, 15) is 4.79 Å². The number of aliphatic imine (C=N–C) groups is 1. The van der Waals surface area contributed by atoms with Crippen LogP contribution in [0.25, 0.3) is 0 Å². The second kappa shape index (κ2) is 9.95. The standard InChI is InChI=1S/C21H30N6O2/c1-4-5-11-29-19-8-6-7-17(12-19)13-23-21(22-2)26-9-10-27(20(28)16-26)18-14-24-25(3)15-18/h6-8,12,14-15H,4-5,9-11,13,16H2,1-3H3,(H,22,23). The first-order valence-electron chi connectivity index (χ1n) is 10.1. The number of nitrogens with zero attached hydrogens (tertiary/aromatic N) is 5. The molecule has 0 aliphatic carbocycles. The number of benzene rings is 1. The van der Waals surface area contributed by atoms with Crippen molar-refractivity contribution in [1.82, 2.24) is 20.0 Å². The Morgan fingerprint density at radius 1 is 1.34 bits per heavy atom. The largest absolute Gasteiger partial charge is 0.494 e. The molecular formula is C21H30N6O2. The van der Waals surface area contributed by atoms with Crippen LogP contribution in [0.5, 0.6) is 5.75 Å². The molecule has 156 valence electrons. The molecule has 1 aliphatic heterocycles. The lowest BCUT2D eigenvalue weighted by Crippen LogP contribution is -2.55. The molecule has 1 aromatic carbocycles. The molecule has 0 radical (unpaired) electrons. The number of ether oxygens (including phenoxy) is 1. The quantitative estimate of drug-likeness (QED) is 0.439. The summed E-state index contributed by atoms with van der Waals surface area (Å²) in [5, 5.41) is 7.52. The fraction of sp³-hybridized carbons (Fsp3) is 0.476. The molecule has 0 spiro atoms. The monoisotopic (exact) mass is 398 g/mol. The van der Waals surface area contributed by atoms with Crippen molar-refractivity contribution in [2.45, 2.75) is 26.3 Å². The fourth-order valence-electron chi connectivity index (χ4n) is 3.27. The molecule has 1 aliphatic rings. The number of hydrogen-bond donors (Lipinski definition) is 1. The van der Waals surface area contributed by atoms with E-state index >= 15 is 0 Å². The van der Waals surface area contributed by atoms with Crippen molar-refractivity contribution in [2.75, 3.05) is 38.2 Å². The summed E-state index contributed by atoms with van der Waals surface area (Å²) < 4.78 is 7.48. The number of aryl methyl sites for hydroxylation is 1. The molecule has 3 rings (SSSR count). The number of anilines is 1. The number of piperazine rings is 1. The highest BCUT2D eigenvalue weighted by molar-refractivity contribution is 5.98. The lowest BCUT2D eigenvalue weighted by atomic mass is 10.2. The SMILES string of the molecule is CCCCOc1cccc(CNC(=NC)N2CCN(c3cnn(C)c3)C(=O)C2)c1. The third kappa shape index (κ3) is 5.49. The van der Waals surface area contributed by atoms with E-state index in [0.717, 1.165) is 42.4 Å². The molecular weight excluding hydrogens is 368 g/mol. The minimum Gasteiger partial charge on any atom is -0.494 e. The number of rotatable bonds is 7. The molecule has 0 bridgehead atoms. The predicted octanol–water partition coefficient (Wildman–Crippen LogP) is 2.02. The third-order valence-corrected chi connectivity index (χ3v) is 4.85. The van der Waals surface area contributed by atoms with Gasteiger partial charge in [-0.25, -0.2) is 0 Å². The van der Waals surface area contributed by atoms with Crippen LogP contribution < -0.4 is 15.0 Å². The number of aromatic nitrogens is 2. The van der Waals surface area contributed by atoms with Crippen LogP contribution in [0, 0.1) is 0 Å². The maximum atomic E-state index is 12.6. The zero-order valence-corrected chi connectivity index (χ0v) is 17.5. The van der Waals surface area contributed by atoms with Crippen molar-refractivity contribution in [3.63, 3.8) is 0 Å². The van der Waals surface area contributed by atoms with E-state index in [2.05, 4.69) is 28.4 Å². The van der Waals surface area contributed by atoms with Gasteiger partial charge in [-0.1, -0.05) is 25.5 Å². The van der Waals surface area contributed by atoms with Gasteiger partial charge in [-0.3, -0.25) is 14.5 Å². The predicted molar refractivity (Wildman–Crippen MR) is 114 cm³/mol. The first-order valence-corrected chi connectivity index (χ1v) is 10.1. The lowest BCUT2D eigenvalue weighted by Gasteiger charge is -2.35. The minimum atomic E-state index is 0.0403. The van der Waals surface area contributed by atoms with E-state index in [1.807, 2.05) is 36.3 Å². The van der Waals surface area contributed by atoms with Crippen LogP contribution in [0.15, 0.2) is 41.7 Å². The van der Waals surface area contributed by atoms with E-state index in [-0.39, 0.29) is 12.5 Å². The van der Waals surface area contributed by atoms with Gasteiger partial charge in [0.05, 0.1) is 18.5 Å². The van der Waals surface area contributed by atoms with Gasteiger partial charge >= 0.3 is 0 Å². The summed E-state index contributed by atoms with van der Waals surface area (Å²) in [6.45, 7) is 5.10. The Balaban J connectivity index is 1.54. The molecule has 2 aromatic rings. The zero-order valence-electron chi connectivity index (χ0n) is 17.5. The van der Waals surface area contributed by atoms with Gasteiger partial charge in [0.2, 0.25) is 5.91 Å². The number of hydrogen-bond acceptors (Lipinski definition) is 4. The number of amides is 1. The first kappa shape index (κ1) is 20.7. The first-order chi connectivity index (χ1) is 14.1. The summed E-state index contributed by atoms with van der Waals surface area (Å²) in [5.41, 5.74) is 1.94. The molecule has 1 N–H and O–H groups in total. The van der Waals surface area contributed by atoms with Crippen molar-refractivity contribution in [1.29, 1.82) is 0 Å². The summed E-state index contributed by atoms with van der Waals surface area (Å²) in [6, 6.07) is 8.07. The van der Waals surface area contributed by atoms with Crippen molar-refractivity contribution in [3.05, 3.63) is 42.2 Å². The average molecular weight is 399 g/mol. The van der Waals surface area contributed by atoms with Crippen molar-refractivity contribution in [3.8, 4) is 5.75 Å². The van der Waals surface area contributed by atoms with Gasteiger partial charge in [-0.15, -0.1) is 0 Å². The van der Waals surface area contributed by atoms with Gasteiger partial charge in [0.15, 0.2) is 5.96 Å². The van der Waals surface area contributed by atoms with Gasteiger partial charge in [0, 0.05) is 39.9 Å². The number of nitrogens with one attached hydrogen (secondary N) is 1. The van der Waals surface area contributed by atoms with Gasteiger partial charge in [0.1, 0.15) is 12.3 Å². The highest BCUT2D eigenvalue weighted by Crippen LogP contribution is 2.17. The second-order valence-electron chi connectivity index (χ2n) is 7.09. The molecule has 1 amide bonds. The number of unbranched alkanes of at least 4 members (excludes halogenated alkanes) is 1. The van der Waals surface area contributed by atoms with Crippen molar-refractivity contribution >= 4 is 17.6 Å². The molecule has 8 heteroatoms. The maximum Gasteiger partial charge on any atom is 0.246 e. The fourth-order valence-corrected chi connectivity index (χ4v) is 3.27. The Kier molecular flexibility index (Phi) is 7.10. The van der Waals surface area contributed by atoms with Gasteiger partial charge in [-0.2, -0.15) is 5.10 Å². The molecule has 29 heavy (non-hydrogen) atoms. The highest BCUT2D eigenvalue weighted by Gasteiger charge is 2.27. The topological polar surface area (TPSA) is 75.0 Å². The lowest BCUT2D eigenvalue weighted by molar-refractivity contribution is -0.120. The number of carbonyl (C=O) groups excluding carboxylic acids is 1. The molecule has 8 nitrogen and oxygen atoms in total. The summed E-state index contributed by atoms with van der Waals surface area (Å²) >= 11 is 0. The van der Waals surface area contributed by atoms with Crippen LogP contribution in [0.1, 0.15) is 25.3 Å². The second-order valence-corrected chi connectivity index (χ2v) is 7.09. The van der Waals surface area contributed by atoms with Gasteiger partial charge in [0.25, 0.3) is 0 Å². The number of carbonyl (C=O) groups is 1. The van der Waals surface area contributed by atoms with Crippen LogP contribution in [0.4, 0.5) is 5.69 Å². The maximum absolute atomic E-state index is 12.6. The Morgan fingerprint density at radius 3 is 2.90 bits per heavy atom. The molecule has 1 aromatic heterocycles. The highest BCUT2D eigenvalue weighted by atomic mass is 16.5.